The predicted octanol–water partition coefficient (Wildman–Crippen LogP) is 1.32. The highest BCUT2D eigenvalue weighted by Gasteiger charge is 2.16. The molecule has 17 heavy (non-hydrogen) atoms. The minimum absolute atomic E-state index is 0.0647. The fourth-order valence-electron chi connectivity index (χ4n) is 1.46. The van der Waals surface area contributed by atoms with E-state index in [0.717, 1.165) is 5.56 Å². The van der Waals surface area contributed by atoms with Crippen LogP contribution in [0.25, 0.3) is 0 Å². The van der Waals surface area contributed by atoms with Crippen molar-refractivity contribution in [3.63, 3.8) is 0 Å². The van der Waals surface area contributed by atoms with E-state index in [1.807, 2.05) is 26.8 Å². The second-order valence-electron chi connectivity index (χ2n) is 4.58. The third-order valence-corrected chi connectivity index (χ3v) is 2.86. The van der Waals surface area contributed by atoms with Gasteiger partial charge in [-0.3, -0.25) is 4.79 Å². The number of aliphatic hydroxyl groups is 1. The Labute approximate surface area is 102 Å². The summed E-state index contributed by atoms with van der Waals surface area (Å²) < 4.78 is 0. The highest BCUT2D eigenvalue weighted by Crippen LogP contribution is 2.13. The molecule has 1 rings (SSSR count). The number of amides is 1. The first-order valence-electron chi connectivity index (χ1n) is 5.73. The quantitative estimate of drug-likeness (QED) is 0.690. The van der Waals surface area contributed by atoms with Crippen LogP contribution in [0.5, 0.6) is 0 Å². The van der Waals surface area contributed by atoms with Gasteiger partial charge < -0.3 is 16.2 Å². The summed E-state index contributed by atoms with van der Waals surface area (Å²) in [5.74, 6) is -0.0174. The molecule has 4 N–H and O–H groups in total. The summed E-state index contributed by atoms with van der Waals surface area (Å²) >= 11 is 0. The van der Waals surface area contributed by atoms with Crippen molar-refractivity contribution in [1.29, 1.82) is 0 Å². The summed E-state index contributed by atoms with van der Waals surface area (Å²) in [7, 11) is 0. The second-order valence-corrected chi connectivity index (χ2v) is 4.58. The third kappa shape index (κ3) is 3.46. The smallest absolute Gasteiger partial charge is 0.251 e. The molecule has 0 bridgehead atoms. The van der Waals surface area contributed by atoms with Crippen LogP contribution in [0.2, 0.25) is 0 Å². The third-order valence-electron chi connectivity index (χ3n) is 2.86. The van der Waals surface area contributed by atoms with Crippen LogP contribution in [-0.4, -0.2) is 23.7 Å². The largest absolute Gasteiger partial charge is 0.398 e. The molecule has 0 radical (unpaired) electrons. The maximum Gasteiger partial charge on any atom is 0.251 e. The van der Waals surface area contributed by atoms with E-state index in [9.17, 15) is 4.79 Å². The average molecular weight is 236 g/mol. The molecule has 0 spiro atoms. The Balaban J connectivity index is 2.79. The van der Waals surface area contributed by atoms with Crippen molar-refractivity contribution in [3.05, 3.63) is 29.3 Å². The first kappa shape index (κ1) is 13.5. The topological polar surface area (TPSA) is 75.3 Å². The molecule has 0 saturated carbocycles. The second kappa shape index (κ2) is 5.68. The highest BCUT2D eigenvalue weighted by molar-refractivity contribution is 5.95. The fraction of sp³-hybridized carbons (Fsp3) is 0.462. The van der Waals surface area contributed by atoms with Gasteiger partial charge in [-0.1, -0.05) is 19.9 Å². The van der Waals surface area contributed by atoms with Crippen LogP contribution in [0.15, 0.2) is 18.2 Å². The van der Waals surface area contributed by atoms with E-state index in [2.05, 4.69) is 5.32 Å². The average Bonchev–Trinajstić information content (AvgIpc) is 2.28. The number of anilines is 1. The number of aryl methyl sites for hydroxylation is 1. The molecular formula is C13H20N2O2. The molecule has 4 nitrogen and oxygen atoms in total. The molecular weight excluding hydrogens is 216 g/mol. The lowest BCUT2D eigenvalue weighted by Gasteiger charge is -2.20. The van der Waals surface area contributed by atoms with Crippen molar-refractivity contribution in [2.45, 2.75) is 26.8 Å². The first-order valence-corrected chi connectivity index (χ1v) is 5.73. The number of hydrogen-bond acceptors (Lipinski definition) is 3. The zero-order valence-electron chi connectivity index (χ0n) is 10.5. The predicted molar refractivity (Wildman–Crippen MR) is 68.8 cm³/mol. The summed E-state index contributed by atoms with van der Waals surface area (Å²) in [4.78, 5) is 11.9. The molecule has 1 atom stereocenters. The molecule has 4 heteroatoms. The standard InChI is InChI=1S/C13H20N2O2/c1-8(2)12(7-16)15-13(17)10-5-4-9(3)11(14)6-10/h4-6,8,12,16H,7,14H2,1-3H3,(H,15,17)/t12-/m1/s1. The molecule has 0 aliphatic carbocycles. The lowest BCUT2D eigenvalue weighted by molar-refractivity contribution is 0.0897. The van der Waals surface area contributed by atoms with Gasteiger partial charge in [0.05, 0.1) is 12.6 Å². The number of aliphatic hydroxyl groups excluding tert-OH is 1. The Morgan fingerprint density at radius 2 is 2.12 bits per heavy atom. The van der Waals surface area contributed by atoms with Crippen molar-refractivity contribution < 1.29 is 9.90 Å². The number of nitrogens with one attached hydrogen (secondary N) is 1. The van der Waals surface area contributed by atoms with Gasteiger partial charge in [0.25, 0.3) is 5.91 Å². The zero-order valence-corrected chi connectivity index (χ0v) is 10.5. The number of hydrogen-bond donors (Lipinski definition) is 3. The number of nitrogen functional groups attached to an aromatic ring is 1. The van der Waals surface area contributed by atoms with E-state index in [4.69, 9.17) is 10.8 Å². The number of carbonyl (C=O) groups is 1. The fourth-order valence-corrected chi connectivity index (χ4v) is 1.46. The minimum Gasteiger partial charge on any atom is -0.398 e. The van der Waals surface area contributed by atoms with Crippen molar-refractivity contribution in [1.82, 2.24) is 5.32 Å². The van der Waals surface area contributed by atoms with Crippen LogP contribution in [0, 0.1) is 12.8 Å². The number of carbonyl (C=O) groups excluding carboxylic acids is 1. The maximum atomic E-state index is 11.9. The molecule has 1 aromatic rings. The van der Waals surface area contributed by atoms with E-state index in [0.29, 0.717) is 11.3 Å². The van der Waals surface area contributed by atoms with Gasteiger partial charge in [0.1, 0.15) is 0 Å². The molecule has 0 heterocycles. The Morgan fingerprint density at radius 3 is 2.59 bits per heavy atom. The van der Waals surface area contributed by atoms with Crippen molar-refractivity contribution in [2.24, 2.45) is 5.92 Å². The first-order chi connectivity index (χ1) is 7.95. The van der Waals surface area contributed by atoms with Crippen LogP contribution in [0.1, 0.15) is 29.8 Å². The van der Waals surface area contributed by atoms with Crippen LogP contribution in [0.4, 0.5) is 5.69 Å². The summed E-state index contributed by atoms with van der Waals surface area (Å²) in [5, 5.41) is 11.9. The summed E-state index contributed by atoms with van der Waals surface area (Å²) in [5.41, 5.74) is 7.82. The van der Waals surface area contributed by atoms with Gasteiger partial charge in [0, 0.05) is 11.3 Å². The van der Waals surface area contributed by atoms with Crippen molar-refractivity contribution in [3.8, 4) is 0 Å². The Hall–Kier alpha value is -1.55. The molecule has 0 fully saturated rings. The van der Waals surface area contributed by atoms with Gasteiger partial charge in [0.2, 0.25) is 0 Å². The van der Waals surface area contributed by atoms with Crippen LogP contribution in [0.3, 0.4) is 0 Å². The molecule has 1 aromatic carbocycles. The number of rotatable bonds is 4. The zero-order chi connectivity index (χ0) is 13.0. The van der Waals surface area contributed by atoms with E-state index < -0.39 is 0 Å². The van der Waals surface area contributed by atoms with E-state index in [-0.39, 0.29) is 24.5 Å². The number of benzene rings is 1. The van der Waals surface area contributed by atoms with E-state index in [1.165, 1.54) is 0 Å². The molecule has 1 amide bonds. The van der Waals surface area contributed by atoms with Gasteiger partial charge in [-0.05, 0) is 30.5 Å². The molecule has 94 valence electrons. The number of nitrogens with two attached hydrogens (primary N) is 1. The monoisotopic (exact) mass is 236 g/mol. The molecule has 0 saturated heterocycles. The molecule has 0 unspecified atom stereocenters. The van der Waals surface area contributed by atoms with Crippen LogP contribution in [-0.2, 0) is 0 Å². The van der Waals surface area contributed by atoms with Crippen LogP contribution < -0.4 is 11.1 Å². The normalized spacial score (nSPS) is 12.5. The summed E-state index contributed by atoms with van der Waals surface area (Å²) in [6.07, 6.45) is 0. The van der Waals surface area contributed by atoms with E-state index >= 15 is 0 Å². The summed E-state index contributed by atoms with van der Waals surface area (Å²) in [6.45, 7) is 5.72. The molecule has 0 aliphatic rings. The highest BCUT2D eigenvalue weighted by atomic mass is 16.3. The van der Waals surface area contributed by atoms with Crippen molar-refractivity contribution >= 4 is 11.6 Å². The Bertz CT molecular complexity index is 402. The van der Waals surface area contributed by atoms with Gasteiger partial charge in [-0.2, -0.15) is 0 Å². The van der Waals surface area contributed by atoms with Crippen molar-refractivity contribution in [2.75, 3.05) is 12.3 Å². The minimum atomic E-state index is -0.231. The lowest BCUT2D eigenvalue weighted by atomic mass is 10.0. The SMILES string of the molecule is Cc1ccc(C(=O)N[C@H](CO)C(C)C)cc1N. The molecule has 0 aliphatic heterocycles. The van der Waals surface area contributed by atoms with Gasteiger partial charge >= 0.3 is 0 Å². The Morgan fingerprint density at radius 1 is 1.47 bits per heavy atom. The van der Waals surface area contributed by atoms with Gasteiger partial charge in [-0.25, -0.2) is 0 Å². The van der Waals surface area contributed by atoms with Crippen LogP contribution >= 0.6 is 0 Å². The lowest BCUT2D eigenvalue weighted by Crippen LogP contribution is -2.41. The van der Waals surface area contributed by atoms with Gasteiger partial charge in [0.15, 0.2) is 0 Å². The van der Waals surface area contributed by atoms with E-state index in [1.54, 1.807) is 12.1 Å². The maximum absolute atomic E-state index is 11.9. The summed E-state index contributed by atoms with van der Waals surface area (Å²) in [6, 6.07) is 4.97. The van der Waals surface area contributed by atoms with Gasteiger partial charge in [-0.15, -0.1) is 0 Å². The Kier molecular flexibility index (Phi) is 4.52. The molecule has 0 aromatic heterocycles.